The lowest BCUT2D eigenvalue weighted by atomic mass is 10.0. The average molecular weight is 413 g/mol. The van der Waals surface area contributed by atoms with Crippen LogP contribution >= 0.6 is 0 Å². The fourth-order valence-electron chi connectivity index (χ4n) is 3.64. The van der Waals surface area contributed by atoms with Crippen molar-refractivity contribution in [3.63, 3.8) is 0 Å². The van der Waals surface area contributed by atoms with Crippen LogP contribution in [0.25, 0.3) is 0 Å². The number of piperidine rings is 1. The van der Waals surface area contributed by atoms with Gasteiger partial charge in [0.1, 0.15) is 23.3 Å². The maximum Gasteiger partial charge on any atom is 0.272 e. The average Bonchev–Trinajstić information content (AvgIpc) is 3.44. The van der Waals surface area contributed by atoms with Gasteiger partial charge in [0.05, 0.1) is 6.61 Å². The number of benzene rings is 1. The molecule has 1 aliphatic rings. The number of carbonyl (C=O) groups excluding carboxylic acids is 1. The van der Waals surface area contributed by atoms with E-state index in [-0.39, 0.29) is 17.8 Å². The minimum Gasteiger partial charge on any atom is -0.493 e. The van der Waals surface area contributed by atoms with Gasteiger partial charge >= 0.3 is 0 Å². The molecule has 1 amide bonds. The van der Waals surface area contributed by atoms with E-state index in [2.05, 4.69) is 15.2 Å². The molecule has 0 N–H and O–H groups in total. The van der Waals surface area contributed by atoms with Crippen LogP contribution in [-0.2, 0) is 13.0 Å². The summed E-state index contributed by atoms with van der Waals surface area (Å²) < 4.78 is 25.7. The summed E-state index contributed by atoms with van der Waals surface area (Å²) >= 11 is 0. The molecule has 1 atom stereocenters. The quantitative estimate of drug-likeness (QED) is 0.590. The number of nitrogens with zero attached hydrogens (tertiary/aromatic N) is 5. The Labute approximate surface area is 173 Å². The van der Waals surface area contributed by atoms with Gasteiger partial charge in [-0.05, 0) is 56.5 Å². The van der Waals surface area contributed by atoms with Gasteiger partial charge in [-0.15, -0.1) is 0 Å². The molecule has 1 aromatic carbocycles. The maximum atomic E-state index is 13.1. The zero-order chi connectivity index (χ0) is 20.9. The van der Waals surface area contributed by atoms with Crippen molar-refractivity contribution in [1.82, 2.24) is 24.8 Å². The number of halogens is 1. The fourth-order valence-corrected chi connectivity index (χ4v) is 3.64. The Balaban J connectivity index is 1.41. The van der Waals surface area contributed by atoms with Gasteiger partial charge in [-0.3, -0.25) is 9.48 Å². The number of amides is 1. The van der Waals surface area contributed by atoms with Gasteiger partial charge < -0.3 is 14.2 Å². The zero-order valence-electron chi connectivity index (χ0n) is 16.8. The van der Waals surface area contributed by atoms with Crippen molar-refractivity contribution in [2.45, 2.75) is 45.2 Å². The van der Waals surface area contributed by atoms with Crippen molar-refractivity contribution in [3.8, 4) is 5.75 Å². The van der Waals surface area contributed by atoms with E-state index in [9.17, 15) is 9.18 Å². The number of ether oxygens (including phenoxy) is 1. The van der Waals surface area contributed by atoms with E-state index >= 15 is 0 Å². The van der Waals surface area contributed by atoms with E-state index in [4.69, 9.17) is 9.26 Å². The molecule has 9 heteroatoms. The van der Waals surface area contributed by atoms with E-state index in [1.807, 2.05) is 6.92 Å². The number of hydrogen-bond acceptors (Lipinski definition) is 6. The maximum absolute atomic E-state index is 13.1. The summed E-state index contributed by atoms with van der Waals surface area (Å²) in [4.78, 5) is 19.4. The second kappa shape index (κ2) is 9.06. The van der Waals surface area contributed by atoms with Crippen LogP contribution in [0.3, 0.4) is 0 Å². The fraction of sp³-hybridized carbons (Fsp3) is 0.429. The van der Waals surface area contributed by atoms with Crippen molar-refractivity contribution < 1.29 is 18.4 Å². The lowest BCUT2D eigenvalue weighted by Gasteiger charge is -2.33. The first-order chi connectivity index (χ1) is 14.7. The lowest BCUT2D eigenvalue weighted by Crippen LogP contribution is -2.39. The van der Waals surface area contributed by atoms with Crippen molar-refractivity contribution in [2.75, 3.05) is 13.2 Å². The first-order valence-electron chi connectivity index (χ1n) is 10.2. The Morgan fingerprint density at radius 3 is 2.90 bits per heavy atom. The molecule has 0 spiro atoms. The van der Waals surface area contributed by atoms with E-state index in [0.717, 1.165) is 19.3 Å². The summed E-state index contributed by atoms with van der Waals surface area (Å²) in [6, 6.07) is 7.34. The van der Waals surface area contributed by atoms with Crippen LogP contribution in [0.4, 0.5) is 4.39 Å². The van der Waals surface area contributed by atoms with Gasteiger partial charge in [0, 0.05) is 25.7 Å². The number of rotatable bonds is 7. The summed E-state index contributed by atoms with van der Waals surface area (Å²) in [6.45, 7) is 3.57. The van der Waals surface area contributed by atoms with Gasteiger partial charge in [0.15, 0.2) is 5.82 Å². The molecule has 0 radical (unpaired) electrons. The Hall–Kier alpha value is -3.23. The van der Waals surface area contributed by atoms with Gasteiger partial charge in [-0.2, -0.15) is 10.1 Å². The van der Waals surface area contributed by atoms with Crippen molar-refractivity contribution in [1.29, 1.82) is 0 Å². The Bertz CT molecular complexity index is 985. The van der Waals surface area contributed by atoms with E-state index in [1.54, 1.807) is 34.0 Å². The summed E-state index contributed by atoms with van der Waals surface area (Å²) in [5.41, 5.74) is 0.567. The summed E-state index contributed by atoms with van der Waals surface area (Å²) in [7, 11) is 0. The molecular weight excluding hydrogens is 389 g/mol. The second-order valence-electron chi connectivity index (χ2n) is 7.14. The highest BCUT2D eigenvalue weighted by Crippen LogP contribution is 2.31. The van der Waals surface area contributed by atoms with Gasteiger partial charge in [-0.1, -0.05) is 5.16 Å². The largest absolute Gasteiger partial charge is 0.493 e. The predicted molar refractivity (Wildman–Crippen MR) is 105 cm³/mol. The molecular formula is C21H24FN5O3. The van der Waals surface area contributed by atoms with Crippen molar-refractivity contribution >= 4 is 5.91 Å². The third kappa shape index (κ3) is 4.34. The molecule has 0 aliphatic carbocycles. The second-order valence-corrected chi connectivity index (χ2v) is 7.14. The van der Waals surface area contributed by atoms with Crippen LogP contribution in [0.2, 0.25) is 0 Å². The SMILES string of the molecule is CCn1nccc1C(=O)N1CCCCC1c1nc(CCOc2ccc(F)cc2)no1. The molecule has 3 aromatic rings. The van der Waals surface area contributed by atoms with Crippen LogP contribution in [0.5, 0.6) is 5.75 Å². The lowest BCUT2D eigenvalue weighted by molar-refractivity contribution is 0.0549. The molecule has 4 rings (SSSR count). The van der Waals surface area contributed by atoms with E-state index in [1.165, 1.54) is 12.1 Å². The topological polar surface area (TPSA) is 86.3 Å². The van der Waals surface area contributed by atoms with Crippen LogP contribution in [0, 0.1) is 5.82 Å². The minimum atomic E-state index is -0.307. The summed E-state index contributed by atoms with van der Waals surface area (Å²) in [5.74, 6) is 1.17. The molecule has 0 saturated carbocycles. The Morgan fingerprint density at radius 1 is 1.27 bits per heavy atom. The highest BCUT2D eigenvalue weighted by atomic mass is 19.1. The van der Waals surface area contributed by atoms with Crippen LogP contribution in [0.1, 0.15) is 54.4 Å². The van der Waals surface area contributed by atoms with Gasteiger partial charge in [0.2, 0.25) is 5.89 Å². The predicted octanol–water partition coefficient (Wildman–Crippen LogP) is 3.41. The molecule has 1 fully saturated rings. The Kier molecular flexibility index (Phi) is 6.06. The molecule has 1 unspecified atom stereocenters. The zero-order valence-corrected chi connectivity index (χ0v) is 16.8. The number of carbonyl (C=O) groups is 1. The molecule has 0 bridgehead atoms. The van der Waals surface area contributed by atoms with Gasteiger partial charge in [0.25, 0.3) is 5.91 Å². The molecule has 1 saturated heterocycles. The smallest absolute Gasteiger partial charge is 0.272 e. The first kappa shape index (κ1) is 20.1. The molecule has 3 heterocycles. The minimum absolute atomic E-state index is 0.0709. The first-order valence-corrected chi connectivity index (χ1v) is 10.2. The molecule has 8 nitrogen and oxygen atoms in total. The van der Waals surface area contributed by atoms with Crippen LogP contribution in [-0.4, -0.2) is 43.9 Å². The Morgan fingerprint density at radius 2 is 2.10 bits per heavy atom. The molecule has 2 aromatic heterocycles. The highest BCUT2D eigenvalue weighted by molar-refractivity contribution is 5.92. The number of hydrogen-bond donors (Lipinski definition) is 0. The summed E-state index contributed by atoms with van der Waals surface area (Å²) in [6.07, 6.45) is 4.80. The highest BCUT2D eigenvalue weighted by Gasteiger charge is 2.33. The van der Waals surface area contributed by atoms with E-state index in [0.29, 0.717) is 49.3 Å². The normalized spacial score (nSPS) is 16.6. The third-order valence-corrected chi connectivity index (χ3v) is 5.18. The number of likely N-dealkylation sites (tertiary alicyclic amines) is 1. The van der Waals surface area contributed by atoms with Crippen LogP contribution in [0.15, 0.2) is 41.1 Å². The van der Waals surface area contributed by atoms with Gasteiger partial charge in [-0.25, -0.2) is 4.39 Å². The third-order valence-electron chi connectivity index (χ3n) is 5.18. The van der Waals surface area contributed by atoms with Crippen LogP contribution < -0.4 is 4.74 Å². The van der Waals surface area contributed by atoms with E-state index < -0.39 is 0 Å². The monoisotopic (exact) mass is 413 g/mol. The van der Waals surface area contributed by atoms with Crippen molar-refractivity contribution in [2.24, 2.45) is 0 Å². The molecule has 158 valence electrons. The molecule has 30 heavy (non-hydrogen) atoms. The number of aromatic nitrogens is 4. The molecule has 1 aliphatic heterocycles. The number of aryl methyl sites for hydroxylation is 1. The summed E-state index contributed by atoms with van der Waals surface area (Å²) in [5, 5.41) is 8.24. The standard InChI is InChI=1S/C21H24FN5O3/c1-2-27-18(10-12-23-27)21(28)26-13-4-3-5-17(26)20-24-19(25-30-20)11-14-29-16-8-6-15(22)7-9-16/h6-10,12,17H,2-5,11,13-14H2,1H3. The van der Waals surface area contributed by atoms with Crippen molar-refractivity contribution in [3.05, 3.63) is 59.8 Å².